The Morgan fingerprint density at radius 1 is 1.16 bits per heavy atom. The highest BCUT2D eigenvalue weighted by Gasteiger charge is 2.14. The van der Waals surface area contributed by atoms with E-state index in [0.717, 1.165) is 11.3 Å². The highest BCUT2D eigenvalue weighted by molar-refractivity contribution is 6.31. The lowest BCUT2D eigenvalue weighted by Crippen LogP contribution is -2.26. The maximum absolute atomic E-state index is 12.4. The molecule has 0 bridgehead atoms. The number of anilines is 2. The summed E-state index contributed by atoms with van der Waals surface area (Å²) >= 11 is 5.98. The molecule has 4 heteroatoms. The third-order valence-corrected chi connectivity index (χ3v) is 3.09. The molecule has 0 fully saturated rings. The van der Waals surface area contributed by atoms with Crippen molar-refractivity contribution in [1.82, 2.24) is 0 Å². The molecule has 0 aliphatic heterocycles. The lowest BCUT2D eigenvalue weighted by molar-refractivity contribution is 0.0993. The Bertz CT molecular complexity index is 588. The Labute approximate surface area is 117 Å². The molecule has 0 atom stereocenters. The second-order valence-corrected chi connectivity index (χ2v) is 4.91. The average molecular weight is 275 g/mol. The van der Waals surface area contributed by atoms with Crippen LogP contribution < -0.4 is 10.6 Å². The van der Waals surface area contributed by atoms with Gasteiger partial charge in [-0.1, -0.05) is 11.6 Å². The number of hydrogen-bond acceptors (Lipinski definition) is 2. The smallest absolute Gasteiger partial charge is 0.258 e. The summed E-state index contributed by atoms with van der Waals surface area (Å²) in [6.45, 7) is 1.91. The summed E-state index contributed by atoms with van der Waals surface area (Å²) in [7, 11) is 1.73. The van der Waals surface area contributed by atoms with E-state index < -0.39 is 0 Å². The van der Waals surface area contributed by atoms with Crippen LogP contribution in [0.3, 0.4) is 0 Å². The van der Waals surface area contributed by atoms with Gasteiger partial charge >= 0.3 is 0 Å². The van der Waals surface area contributed by atoms with Gasteiger partial charge in [0.05, 0.1) is 0 Å². The standard InChI is InChI=1S/C15H15ClN2O/c1-10-7-11(9-12(16)8-10)15(19)18(2)14-5-3-13(17)4-6-14/h3-9H,17H2,1-2H3. The van der Waals surface area contributed by atoms with Crippen molar-refractivity contribution >= 4 is 28.9 Å². The summed E-state index contributed by atoms with van der Waals surface area (Å²) in [6.07, 6.45) is 0. The van der Waals surface area contributed by atoms with Crippen LogP contribution in [0, 0.1) is 6.92 Å². The monoisotopic (exact) mass is 274 g/mol. The van der Waals surface area contributed by atoms with Crippen LogP contribution in [0.5, 0.6) is 0 Å². The molecule has 98 valence electrons. The van der Waals surface area contributed by atoms with Gasteiger partial charge in [0.1, 0.15) is 0 Å². The highest BCUT2D eigenvalue weighted by atomic mass is 35.5. The Morgan fingerprint density at radius 2 is 1.79 bits per heavy atom. The first-order valence-electron chi connectivity index (χ1n) is 5.88. The molecule has 3 nitrogen and oxygen atoms in total. The van der Waals surface area contributed by atoms with Crippen LogP contribution in [0.25, 0.3) is 0 Å². The number of nitrogen functional groups attached to an aromatic ring is 1. The topological polar surface area (TPSA) is 46.3 Å². The maximum atomic E-state index is 12.4. The molecule has 0 radical (unpaired) electrons. The van der Waals surface area contributed by atoms with E-state index in [0.29, 0.717) is 16.3 Å². The SMILES string of the molecule is Cc1cc(Cl)cc(C(=O)N(C)c2ccc(N)cc2)c1. The zero-order valence-electron chi connectivity index (χ0n) is 10.9. The van der Waals surface area contributed by atoms with Crippen LogP contribution in [-0.2, 0) is 0 Å². The number of halogens is 1. The van der Waals surface area contributed by atoms with Gasteiger partial charge in [-0.15, -0.1) is 0 Å². The van der Waals surface area contributed by atoms with Crippen molar-refractivity contribution in [3.8, 4) is 0 Å². The van der Waals surface area contributed by atoms with Gasteiger partial charge in [-0.2, -0.15) is 0 Å². The van der Waals surface area contributed by atoms with Crippen LogP contribution in [0.1, 0.15) is 15.9 Å². The van der Waals surface area contributed by atoms with Gasteiger partial charge in [-0.3, -0.25) is 4.79 Å². The molecule has 2 N–H and O–H groups in total. The van der Waals surface area contributed by atoms with Crippen molar-refractivity contribution in [2.75, 3.05) is 17.7 Å². The number of nitrogens with zero attached hydrogens (tertiary/aromatic N) is 1. The number of carbonyl (C=O) groups excluding carboxylic acids is 1. The molecule has 0 spiro atoms. The third kappa shape index (κ3) is 3.06. The van der Waals surface area contributed by atoms with E-state index in [1.54, 1.807) is 30.1 Å². The first-order valence-corrected chi connectivity index (χ1v) is 6.26. The van der Waals surface area contributed by atoms with Crippen LogP contribution in [0.4, 0.5) is 11.4 Å². The molecular formula is C15H15ClN2O. The minimum absolute atomic E-state index is 0.102. The van der Waals surface area contributed by atoms with Gasteiger partial charge in [0.25, 0.3) is 5.91 Å². The molecule has 0 aliphatic carbocycles. The first-order chi connectivity index (χ1) is 8.97. The minimum Gasteiger partial charge on any atom is -0.399 e. The second kappa shape index (κ2) is 5.33. The fourth-order valence-corrected chi connectivity index (χ4v) is 2.16. The minimum atomic E-state index is -0.102. The molecule has 2 aromatic carbocycles. The number of benzene rings is 2. The Balaban J connectivity index is 2.30. The Morgan fingerprint density at radius 3 is 2.37 bits per heavy atom. The normalized spacial score (nSPS) is 10.3. The van der Waals surface area contributed by atoms with E-state index >= 15 is 0 Å². The lowest BCUT2D eigenvalue weighted by Gasteiger charge is -2.18. The largest absolute Gasteiger partial charge is 0.399 e. The van der Waals surface area contributed by atoms with Gasteiger partial charge < -0.3 is 10.6 Å². The van der Waals surface area contributed by atoms with E-state index in [1.807, 2.05) is 31.2 Å². The number of hydrogen-bond donors (Lipinski definition) is 1. The van der Waals surface area contributed by atoms with Gasteiger partial charge in [0.2, 0.25) is 0 Å². The molecule has 2 aromatic rings. The third-order valence-electron chi connectivity index (χ3n) is 2.87. The first kappa shape index (κ1) is 13.4. The number of nitrogens with two attached hydrogens (primary N) is 1. The summed E-state index contributed by atoms with van der Waals surface area (Å²) < 4.78 is 0. The zero-order chi connectivity index (χ0) is 14.0. The molecular weight excluding hydrogens is 260 g/mol. The zero-order valence-corrected chi connectivity index (χ0v) is 11.6. The van der Waals surface area contributed by atoms with Crippen molar-refractivity contribution in [3.63, 3.8) is 0 Å². The lowest BCUT2D eigenvalue weighted by atomic mass is 10.1. The van der Waals surface area contributed by atoms with Crippen molar-refractivity contribution < 1.29 is 4.79 Å². The summed E-state index contributed by atoms with van der Waals surface area (Å²) in [4.78, 5) is 13.9. The fraction of sp³-hybridized carbons (Fsp3) is 0.133. The summed E-state index contributed by atoms with van der Waals surface area (Å²) in [5, 5.41) is 0.564. The van der Waals surface area contributed by atoms with E-state index in [9.17, 15) is 4.79 Å². The van der Waals surface area contributed by atoms with Crippen molar-refractivity contribution in [3.05, 3.63) is 58.6 Å². The molecule has 0 saturated heterocycles. The fourth-order valence-electron chi connectivity index (χ4n) is 1.87. The second-order valence-electron chi connectivity index (χ2n) is 4.47. The van der Waals surface area contributed by atoms with Gasteiger partial charge in [-0.05, 0) is 55.0 Å². The molecule has 2 rings (SSSR count). The van der Waals surface area contributed by atoms with Crippen molar-refractivity contribution in [2.45, 2.75) is 6.92 Å². The number of carbonyl (C=O) groups is 1. The van der Waals surface area contributed by atoms with E-state index in [-0.39, 0.29) is 5.91 Å². The summed E-state index contributed by atoms with van der Waals surface area (Å²) in [6, 6.07) is 12.5. The average Bonchev–Trinajstić information content (AvgIpc) is 2.37. The molecule has 0 heterocycles. The van der Waals surface area contributed by atoms with Crippen LogP contribution in [0.15, 0.2) is 42.5 Å². The number of aryl methyl sites for hydroxylation is 1. The van der Waals surface area contributed by atoms with E-state index in [4.69, 9.17) is 17.3 Å². The van der Waals surface area contributed by atoms with Crippen molar-refractivity contribution in [1.29, 1.82) is 0 Å². The molecule has 1 amide bonds. The molecule has 19 heavy (non-hydrogen) atoms. The molecule has 0 aliphatic rings. The molecule has 0 unspecified atom stereocenters. The summed E-state index contributed by atoms with van der Waals surface area (Å²) in [5.41, 5.74) is 8.62. The Kier molecular flexibility index (Phi) is 3.76. The Hall–Kier alpha value is -2.00. The van der Waals surface area contributed by atoms with Crippen molar-refractivity contribution in [2.24, 2.45) is 0 Å². The van der Waals surface area contributed by atoms with Crippen LogP contribution in [-0.4, -0.2) is 13.0 Å². The highest BCUT2D eigenvalue weighted by Crippen LogP contribution is 2.20. The predicted molar refractivity (Wildman–Crippen MR) is 79.8 cm³/mol. The van der Waals surface area contributed by atoms with Gasteiger partial charge in [0.15, 0.2) is 0 Å². The van der Waals surface area contributed by atoms with Crippen LogP contribution >= 0.6 is 11.6 Å². The van der Waals surface area contributed by atoms with E-state index in [1.165, 1.54) is 0 Å². The maximum Gasteiger partial charge on any atom is 0.258 e. The van der Waals surface area contributed by atoms with Crippen LogP contribution in [0.2, 0.25) is 5.02 Å². The molecule has 0 aromatic heterocycles. The summed E-state index contributed by atoms with van der Waals surface area (Å²) in [5.74, 6) is -0.102. The number of rotatable bonds is 2. The number of amides is 1. The predicted octanol–water partition coefficient (Wildman–Crippen LogP) is 3.51. The quantitative estimate of drug-likeness (QED) is 0.852. The van der Waals surface area contributed by atoms with Gasteiger partial charge in [-0.25, -0.2) is 0 Å². The van der Waals surface area contributed by atoms with Gasteiger partial charge in [0, 0.05) is 29.0 Å². The van der Waals surface area contributed by atoms with E-state index in [2.05, 4.69) is 0 Å². The molecule has 0 saturated carbocycles.